The summed E-state index contributed by atoms with van der Waals surface area (Å²) >= 11 is 1.28. The molecule has 0 saturated carbocycles. The van der Waals surface area contributed by atoms with E-state index in [4.69, 9.17) is 10.8 Å². The third kappa shape index (κ3) is 2.94. The topological polar surface area (TPSA) is 76.2 Å². The molecule has 0 spiro atoms. The number of aliphatic hydroxyl groups excluding tert-OH is 1. The van der Waals surface area contributed by atoms with E-state index in [0.717, 1.165) is 23.8 Å². The highest BCUT2D eigenvalue weighted by atomic mass is 32.1. The maximum Gasteiger partial charge on any atom is 0.261 e. The molecule has 0 aliphatic carbocycles. The van der Waals surface area contributed by atoms with Gasteiger partial charge in [-0.05, 0) is 25.5 Å². The number of aryl methyl sites for hydroxylation is 2. The quantitative estimate of drug-likeness (QED) is 0.872. The standard InChI is InChI=1S/C12H12N2OS.CH4O/c1-7-3-4-8(2)9(5-7)10-11(12(13)15)16-6-14-10;1-2/h3-6H,1-2H3,(H2,13,15);2H,1H3. The minimum atomic E-state index is -0.418. The fourth-order valence-electron chi connectivity index (χ4n) is 1.60. The lowest BCUT2D eigenvalue weighted by molar-refractivity contribution is 0.100. The fraction of sp³-hybridized carbons (Fsp3) is 0.231. The third-order valence-electron chi connectivity index (χ3n) is 2.44. The van der Waals surface area contributed by atoms with E-state index in [9.17, 15) is 4.79 Å². The molecule has 1 aromatic heterocycles. The molecule has 3 N–H and O–H groups in total. The molecule has 1 amide bonds. The lowest BCUT2D eigenvalue weighted by atomic mass is 10.0. The van der Waals surface area contributed by atoms with E-state index in [0.29, 0.717) is 10.6 Å². The van der Waals surface area contributed by atoms with Crippen LogP contribution in [0.15, 0.2) is 23.7 Å². The summed E-state index contributed by atoms with van der Waals surface area (Å²) in [5.74, 6) is -0.418. The van der Waals surface area contributed by atoms with Crippen molar-refractivity contribution in [2.45, 2.75) is 13.8 Å². The van der Waals surface area contributed by atoms with Gasteiger partial charge in [0.15, 0.2) is 0 Å². The van der Waals surface area contributed by atoms with Crippen molar-refractivity contribution in [3.8, 4) is 11.3 Å². The number of primary amides is 1. The van der Waals surface area contributed by atoms with Crippen molar-refractivity contribution in [3.05, 3.63) is 39.7 Å². The normalized spacial score (nSPS) is 9.56. The largest absolute Gasteiger partial charge is 0.400 e. The molecule has 5 heteroatoms. The van der Waals surface area contributed by atoms with Gasteiger partial charge in [0, 0.05) is 12.7 Å². The fourth-order valence-corrected chi connectivity index (χ4v) is 2.26. The second-order valence-electron chi connectivity index (χ2n) is 3.71. The predicted octanol–water partition coefficient (Wildman–Crippen LogP) is 2.13. The number of thiazole rings is 1. The Bertz CT molecular complexity index is 550. The summed E-state index contributed by atoms with van der Waals surface area (Å²) in [5.41, 5.74) is 10.9. The van der Waals surface area contributed by atoms with E-state index in [2.05, 4.69) is 4.98 Å². The monoisotopic (exact) mass is 264 g/mol. The smallest absolute Gasteiger partial charge is 0.261 e. The van der Waals surface area contributed by atoms with Crippen molar-refractivity contribution in [2.75, 3.05) is 7.11 Å². The average molecular weight is 264 g/mol. The summed E-state index contributed by atoms with van der Waals surface area (Å²) in [4.78, 5) is 16.0. The molecule has 0 atom stereocenters. The maximum atomic E-state index is 11.2. The molecule has 4 nitrogen and oxygen atoms in total. The van der Waals surface area contributed by atoms with Crippen LogP contribution < -0.4 is 5.73 Å². The first-order valence-electron chi connectivity index (χ1n) is 5.35. The van der Waals surface area contributed by atoms with Crippen LogP contribution in [0.4, 0.5) is 0 Å². The lowest BCUT2D eigenvalue weighted by Gasteiger charge is -2.05. The Morgan fingerprint density at radius 3 is 2.61 bits per heavy atom. The Morgan fingerprint density at radius 1 is 1.33 bits per heavy atom. The molecule has 18 heavy (non-hydrogen) atoms. The predicted molar refractivity (Wildman–Crippen MR) is 73.7 cm³/mol. The number of rotatable bonds is 2. The number of benzene rings is 1. The van der Waals surface area contributed by atoms with Crippen LogP contribution in [-0.2, 0) is 0 Å². The zero-order chi connectivity index (χ0) is 13.7. The van der Waals surface area contributed by atoms with E-state index in [-0.39, 0.29) is 0 Å². The molecule has 0 aliphatic rings. The number of aromatic nitrogens is 1. The Balaban J connectivity index is 0.000000771. The average Bonchev–Trinajstić information content (AvgIpc) is 2.84. The highest BCUT2D eigenvalue weighted by molar-refractivity contribution is 7.12. The Labute approximate surface area is 110 Å². The zero-order valence-corrected chi connectivity index (χ0v) is 11.4. The van der Waals surface area contributed by atoms with Gasteiger partial charge >= 0.3 is 0 Å². The maximum absolute atomic E-state index is 11.2. The second kappa shape index (κ2) is 6.28. The Hall–Kier alpha value is -1.72. The van der Waals surface area contributed by atoms with Crippen molar-refractivity contribution < 1.29 is 9.90 Å². The van der Waals surface area contributed by atoms with Crippen LogP contribution in [0.3, 0.4) is 0 Å². The van der Waals surface area contributed by atoms with Gasteiger partial charge in [-0.15, -0.1) is 11.3 Å². The highest BCUT2D eigenvalue weighted by Gasteiger charge is 2.14. The molecule has 96 valence electrons. The molecule has 0 radical (unpaired) electrons. The van der Waals surface area contributed by atoms with Gasteiger partial charge in [0.25, 0.3) is 5.91 Å². The van der Waals surface area contributed by atoms with E-state index in [1.807, 2.05) is 32.0 Å². The Kier molecular flexibility index (Phi) is 5.00. The molecule has 0 fully saturated rings. The van der Waals surface area contributed by atoms with Gasteiger partial charge in [-0.2, -0.15) is 0 Å². The van der Waals surface area contributed by atoms with Gasteiger partial charge in [0.05, 0.1) is 11.2 Å². The van der Waals surface area contributed by atoms with Crippen molar-refractivity contribution in [1.82, 2.24) is 4.98 Å². The number of carbonyl (C=O) groups is 1. The van der Waals surface area contributed by atoms with Crippen LogP contribution in [0.5, 0.6) is 0 Å². The summed E-state index contributed by atoms with van der Waals surface area (Å²) in [7, 11) is 1.00. The summed E-state index contributed by atoms with van der Waals surface area (Å²) < 4.78 is 0. The Morgan fingerprint density at radius 2 is 2.00 bits per heavy atom. The van der Waals surface area contributed by atoms with Gasteiger partial charge in [-0.25, -0.2) is 4.98 Å². The molecule has 1 aromatic carbocycles. The molecule has 1 heterocycles. The lowest BCUT2D eigenvalue weighted by Crippen LogP contribution is -2.10. The number of nitrogens with zero attached hydrogens (tertiary/aromatic N) is 1. The summed E-state index contributed by atoms with van der Waals surface area (Å²) in [6.07, 6.45) is 0. The summed E-state index contributed by atoms with van der Waals surface area (Å²) in [5, 5.41) is 7.00. The first-order chi connectivity index (χ1) is 8.59. The molecule has 0 bridgehead atoms. The number of hydrogen-bond acceptors (Lipinski definition) is 4. The van der Waals surface area contributed by atoms with E-state index >= 15 is 0 Å². The van der Waals surface area contributed by atoms with Crippen LogP contribution in [0.2, 0.25) is 0 Å². The van der Waals surface area contributed by atoms with Crippen molar-refractivity contribution >= 4 is 17.2 Å². The molecule has 0 unspecified atom stereocenters. The van der Waals surface area contributed by atoms with E-state index in [1.165, 1.54) is 11.3 Å². The molecule has 0 saturated heterocycles. The number of carbonyl (C=O) groups excluding carboxylic acids is 1. The second-order valence-corrected chi connectivity index (χ2v) is 4.57. The minimum absolute atomic E-state index is 0.418. The summed E-state index contributed by atoms with van der Waals surface area (Å²) in [6, 6.07) is 6.08. The van der Waals surface area contributed by atoms with Crippen LogP contribution in [0.25, 0.3) is 11.3 Å². The van der Waals surface area contributed by atoms with Crippen LogP contribution in [-0.4, -0.2) is 23.1 Å². The number of hydrogen-bond donors (Lipinski definition) is 2. The zero-order valence-electron chi connectivity index (χ0n) is 10.6. The SMILES string of the molecule is CO.Cc1ccc(C)c(-c2ncsc2C(N)=O)c1. The number of amides is 1. The summed E-state index contributed by atoms with van der Waals surface area (Å²) in [6.45, 7) is 4.01. The molecular weight excluding hydrogens is 248 g/mol. The first-order valence-corrected chi connectivity index (χ1v) is 6.23. The molecule has 2 aromatic rings. The van der Waals surface area contributed by atoms with Crippen LogP contribution in [0.1, 0.15) is 20.8 Å². The minimum Gasteiger partial charge on any atom is -0.400 e. The molecule has 0 aliphatic heterocycles. The number of aliphatic hydroxyl groups is 1. The van der Waals surface area contributed by atoms with Gasteiger partial charge in [0.1, 0.15) is 4.88 Å². The van der Waals surface area contributed by atoms with Crippen molar-refractivity contribution in [2.24, 2.45) is 5.73 Å². The number of nitrogens with two attached hydrogens (primary N) is 1. The highest BCUT2D eigenvalue weighted by Crippen LogP contribution is 2.28. The van der Waals surface area contributed by atoms with E-state index < -0.39 is 5.91 Å². The van der Waals surface area contributed by atoms with Crippen molar-refractivity contribution in [3.63, 3.8) is 0 Å². The molecule has 2 rings (SSSR count). The van der Waals surface area contributed by atoms with Gasteiger partial charge < -0.3 is 10.8 Å². The van der Waals surface area contributed by atoms with Crippen LogP contribution in [0, 0.1) is 13.8 Å². The first kappa shape index (κ1) is 14.3. The van der Waals surface area contributed by atoms with Gasteiger partial charge in [-0.3, -0.25) is 4.79 Å². The van der Waals surface area contributed by atoms with Crippen LogP contribution >= 0.6 is 11.3 Å². The van der Waals surface area contributed by atoms with E-state index in [1.54, 1.807) is 5.51 Å². The third-order valence-corrected chi connectivity index (χ3v) is 3.28. The van der Waals surface area contributed by atoms with Crippen molar-refractivity contribution in [1.29, 1.82) is 0 Å². The van der Waals surface area contributed by atoms with Gasteiger partial charge in [-0.1, -0.05) is 17.7 Å². The molecular formula is C13H16N2O2S. The van der Waals surface area contributed by atoms with Gasteiger partial charge in [0.2, 0.25) is 0 Å².